The van der Waals surface area contributed by atoms with E-state index in [2.05, 4.69) is 18.6 Å². The van der Waals surface area contributed by atoms with Gasteiger partial charge in [-0.05, 0) is 25.5 Å². The minimum absolute atomic E-state index is 0.204. The van der Waals surface area contributed by atoms with Crippen molar-refractivity contribution < 1.29 is 13.3 Å². The predicted octanol–water partition coefficient (Wildman–Crippen LogP) is 0.686. The Morgan fingerprint density at radius 2 is 1.90 bits per heavy atom. The zero-order valence-corrected chi connectivity index (χ0v) is 12.8. The summed E-state index contributed by atoms with van der Waals surface area (Å²) in [5.74, 6) is -0.204. The van der Waals surface area contributed by atoms with Crippen LogP contribution in [0.1, 0.15) is 25.0 Å². The summed E-state index contributed by atoms with van der Waals surface area (Å²) in [5.41, 5.74) is 0.898. The van der Waals surface area contributed by atoms with Gasteiger partial charge in [0, 0.05) is 0 Å². The third-order valence-corrected chi connectivity index (χ3v) is 4.48. The summed E-state index contributed by atoms with van der Waals surface area (Å²) in [5, 5.41) is 8.95. The number of nitrogens with zero attached hydrogens (tertiary/aromatic N) is 2. The van der Waals surface area contributed by atoms with E-state index in [1.807, 2.05) is 6.07 Å². The van der Waals surface area contributed by atoms with Crippen molar-refractivity contribution in [1.82, 2.24) is 0 Å². The fourth-order valence-electron chi connectivity index (χ4n) is 1.94. The lowest BCUT2D eigenvalue weighted by atomic mass is 10.1. The van der Waals surface area contributed by atoms with Crippen LogP contribution >= 0.6 is 0 Å². The van der Waals surface area contributed by atoms with Crippen LogP contribution in [0.2, 0.25) is 0 Å². The van der Waals surface area contributed by atoms with Crippen LogP contribution in [0.3, 0.4) is 0 Å². The maximum absolute atomic E-state index is 11.9. The van der Waals surface area contributed by atoms with E-state index in [9.17, 15) is 8.42 Å². The van der Waals surface area contributed by atoms with Gasteiger partial charge in [0.1, 0.15) is 0 Å². The van der Waals surface area contributed by atoms with Crippen LogP contribution in [0.15, 0.2) is 24.3 Å². The molecule has 0 radical (unpaired) electrons. The van der Waals surface area contributed by atoms with Gasteiger partial charge < -0.3 is 9.62 Å². The summed E-state index contributed by atoms with van der Waals surface area (Å²) in [6, 6.07) is 8.72. The molecule has 0 unspecified atom stereocenters. The quantitative estimate of drug-likeness (QED) is 0.766. The molecule has 20 heavy (non-hydrogen) atoms. The van der Waals surface area contributed by atoms with Crippen LogP contribution in [0.5, 0.6) is 0 Å². The van der Waals surface area contributed by atoms with Crippen LogP contribution in [0.4, 0.5) is 0 Å². The average Bonchev–Trinajstić information content (AvgIpc) is 2.44. The highest BCUT2D eigenvalue weighted by Gasteiger charge is 2.07. The Kier molecular flexibility index (Phi) is 6.65. The van der Waals surface area contributed by atoms with E-state index in [0.717, 1.165) is 13.1 Å². The highest BCUT2D eigenvalue weighted by molar-refractivity contribution is 7.93. The molecule has 0 saturated heterocycles. The lowest BCUT2D eigenvalue weighted by molar-refractivity contribution is -0.894. The number of nitrogens with one attached hydrogen (secondary N) is 1. The van der Waals surface area contributed by atoms with E-state index >= 15 is 0 Å². The number of rotatable bonds is 8. The van der Waals surface area contributed by atoms with Crippen LogP contribution in [-0.4, -0.2) is 34.6 Å². The molecule has 0 heterocycles. The first-order valence-corrected chi connectivity index (χ1v) is 8.36. The molecule has 1 aromatic rings. The Bertz CT molecular complexity index is 560. The van der Waals surface area contributed by atoms with Crippen molar-refractivity contribution in [2.45, 2.75) is 19.6 Å². The normalized spacial score (nSPS) is 11.5. The lowest BCUT2D eigenvalue weighted by Gasteiger charge is -2.23. The standard InChI is InChI=1S/C14H20N3O2S/c1-3-17(4-2)10-9-16-20(18,19)12-14-8-6-5-7-13(14)11-15/h5-8H,3-4,9-10,12H2,1-2H3/q-1/p+1. The van der Waals surface area contributed by atoms with Crippen LogP contribution in [0.25, 0.3) is 4.72 Å². The van der Waals surface area contributed by atoms with Crippen molar-refractivity contribution in [3.05, 3.63) is 40.1 Å². The largest absolute Gasteiger partial charge is 0.544 e. The third-order valence-electron chi connectivity index (χ3n) is 3.23. The summed E-state index contributed by atoms with van der Waals surface area (Å²) < 4.78 is 27.7. The van der Waals surface area contributed by atoms with E-state index in [0.29, 0.717) is 24.2 Å². The minimum atomic E-state index is -3.52. The summed E-state index contributed by atoms with van der Waals surface area (Å²) in [7, 11) is -3.52. The van der Waals surface area contributed by atoms with Crippen molar-refractivity contribution in [1.29, 1.82) is 5.26 Å². The minimum Gasteiger partial charge on any atom is -0.544 e. The molecule has 0 saturated carbocycles. The van der Waals surface area contributed by atoms with Crippen molar-refractivity contribution in [3.63, 3.8) is 0 Å². The van der Waals surface area contributed by atoms with Crippen molar-refractivity contribution >= 4 is 10.0 Å². The number of quaternary nitrogens is 1. The molecule has 1 N–H and O–H groups in total. The van der Waals surface area contributed by atoms with Gasteiger partial charge in [0.15, 0.2) is 0 Å². The van der Waals surface area contributed by atoms with E-state index < -0.39 is 10.0 Å². The van der Waals surface area contributed by atoms with Gasteiger partial charge in [-0.15, -0.1) is 0 Å². The second-order valence-corrected chi connectivity index (χ2v) is 6.27. The lowest BCUT2D eigenvalue weighted by Crippen LogP contribution is -3.11. The summed E-state index contributed by atoms with van der Waals surface area (Å²) in [4.78, 5) is 1.32. The molecule has 0 aromatic heterocycles. The predicted molar refractivity (Wildman–Crippen MR) is 78.9 cm³/mol. The fourth-order valence-corrected chi connectivity index (χ4v) is 3.05. The van der Waals surface area contributed by atoms with Crippen LogP contribution in [0, 0.1) is 11.3 Å². The number of likely N-dealkylation sites (N-methyl/N-ethyl adjacent to an activating group) is 1. The van der Waals surface area contributed by atoms with Gasteiger partial charge in [0.05, 0.1) is 47.0 Å². The van der Waals surface area contributed by atoms with E-state index in [1.54, 1.807) is 24.3 Å². The van der Waals surface area contributed by atoms with E-state index in [-0.39, 0.29) is 5.75 Å². The zero-order chi connectivity index (χ0) is 15.0. The molecule has 1 aromatic carbocycles. The average molecular weight is 295 g/mol. The molecule has 1 rings (SSSR count). The van der Waals surface area contributed by atoms with Gasteiger partial charge in [-0.1, -0.05) is 24.7 Å². The molecule has 0 aliphatic rings. The Morgan fingerprint density at radius 3 is 2.50 bits per heavy atom. The van der Waals surface area contributed by atoms with E-state index in [4.69, 9.17) is 5.26 Å². The number of nitriles is 1. The maximum atomic E-state index is 11.9. The van der Waals surface area contributed by atoms with Gasteiger partial charge in [0.25, 0.3) is 0 Å². The molecule has 0 spiro atoms. The molecule has 0 aliphatic heterocycles. The Morgan fingerprint density at radius 1 is 1.25 bits per heavy atom. The van der Waals surface area contributed by atoms with Gasteiger partial charge >= 0.3 is 0 Å². The molecule has 0 fully saturated rings. The highest BCUT2D eigenvalue weighted by atomic mass is 32.2. The zero-order valence-electron chi connectivity index (χ0n) is 12.0. The number of benzene rings is 1. The topological polar surface area (TPSA) is 76.5 Å². The van der Waals surface area contributed by atoms with Crippen molar-refractivity contribution in [2.75, 3.05) is 26.2 Å². The van der Waals surface area contributed by atoms with Crippen LogP contribution < -0.4 is 4.90 Å². The summed E-state index contributed by atoms with van der Waals surface area (Å²) >= 11 is 0. The van der Waals surface area contributed by atoms with Crippen LogP contribution in [-0.2, 0) is 15.8 Å². The van der Waals surface area contributed by atoms with Gasteiger partial charge in [-0.25, -0.2) is 8.42 Å². The summed E-state index contributed by atoms with van der Waals surface area (Å²) in [6.45, 7) is 7.07. The highest BCUT2D eigenvalue weighted by Crippen LogP contribution is 2.14. The molecular weight excluding hydrogens is 274 g/mol. The molecule has 0 bridgehead atoms. The smallest absolute Gasteiger partial charge is 0.0994 e. The SMILES string of the molecule is CC[NH+](CC)CC[N-]S(=O)(=O)Cc1ccccc1C#N. The van der Waals surface area contributed by atoms with Gasteiger partial charge in [-0.2, -0.15) is 5.26 Å². The second kappa shape index (κ2) is 8.00. The molecule has 0 aliphatic carbocycles. The fraction of sp³-hybridized carbons (Fsp3) is 0.500. The Balaban J connectivity index is 2.60. The van der Waals surface area contributed by atoms with Crippen molar-refractivity contribution in [2.24, 2.45) is 0 Å². The van der Waals surface area contributed by atoms with Gasteiger partial charge in [0.2, 0.25) is 0 Å². The molecule has 6 heteroatoms. The first-order chi connectivity index (χ1) is 9.52. The number of hydrogen-bond acceptors (Lipinski definition) is 3. The Labute approximate surface area is 121 Å². The molecular formula is C14H21N3O2S. The first-order valence-electron chi connectivity index (χ1n) is 6.75. The Hall–Kier alpha value is -1.42. The summed E-state index contributed by atoms with van der Waals surface area (Å²) in [6.07, 6.45) is 0. The van der Waals surface area contributed by atoms with Gasteiger partial charge in [-0.3, -0.25) is 0 Å². The monoisotopic (exact) mass is 295 g/mol. The third kappa shape index (κ3) is 5.29. The molecule has 5 nitrogen and oxygen atoms in total. The molecule has 110 valence electrons. The second-order valence-electron chi connectivity index (χ2n) is 4.56. The first kappa shape index (κ1) is 16.6. The molecule has 0 atom stereocenters. The van der Waals surface area contributed by atoms with Crippen molar-refractivity contribution in [3.8, 4) is 6.07 Å². The van der Waals surface area contributed by atoms with E-state index in [1.165, 1.54) is 4.90 Å². The molecule has 0 amide bonds. The maximum Gasteiger partial charge on any atom is 0.0994 e. The number of hydrogen-bond donors (Lipinski definition) is 1. The number of sulfonamides is 1.